The Morgan fingerprint density at radius 3 is 2.24 bits per heavy atom. The lowest BCUT2D eigenvalue weighted by Gasteiger charge is -2.07. The van der Waals surface area contributed by atoms with E-state index in [0.29, 0.717) is 5.69 Å². The van der Waals surface area contributed by atoms with Gasteiger partial charge in [-0.15, -0.1) is 0 Å². The predicted molar refractivity (Wildman–Crippen MR) is 86.8 cm³/mol. The van der Waals surface area contributed by atoms with Crippen molar-refractivity contribution < 1.29 is 29.0 Å². The number of hydrogen-bond acceptors (Lipinski definition) is 8. The van der Waals surface area contributed by atoms with Crippen molar-refractivity contribution in [2.75, 3.05) is 0 Å². The fraction of sp³-hybridized carbons (Fsp3) is 0.125. The maximum absolute atomic E-state index is 11.9. The lowest BCUT2D eigenvalue weighted by atomic mass is 10.1. The first kappa shape index (κ1) is 17.7. The van der Waals surface area contributed by atoms with E-state index in [2.05, 4.69) is 14.1 Å². The summed E-state index contributed by atoms with van der Waals surface area (Å²) in [6.45, 7) is 2.52. The number of nitrogens with two attached hydrogens (primary N) is 1. The Balaban J connectivity index is 2.47. The summed E-state index contributed by atoms with van der Waals surface area (Å²) in [7, 11) is 0. The van der Waals surface area contributed by atoms with E-state index < -0.39 is 34.8 Å². The average molecular weight is 346 g/mol. The normalized spacial score (nSPS) is 11.2. The molecule has 0 aliphatic carbocycles. The zero-order valence-electron chi connectivity index (χ0n) is 13.3. The van der Waals surface area contributed by atoms with Crippen LogP contribution in [-0.4, -0.2) is 27.8 Å². The maximum Gasteiger partial charge on any atom is 0.409 e. The van der Waals surface area contributed by atoms with Crippen LogP contribution in [0.1, 0.15) is 29.8 Å². The molecule has 1 aromatic carbocycles. The van der Waals surface area contributed by atoms with Crippen LogP contribution in [0.2, 0.25) is 0 Å². The second-order valence-corrected chi connectivity index (χ2v) is 4.96. The number of amides is 1. The van der Waals surface area contributed by atoms with Gasteiger partial charge in [-0.1, -0.05) is 0 Å². The van der Waals surface area contributed by atoms with Gasteiger partial charge in [0.1, 0.15) is 22.6 Å². The molecule has 4 N–H and O–H groups in total. The fourth-order valence-electron chi connectivity index (χ4n) is 2.10. The summed E-state index contributed by atoms with van der Waals surface area (Å²) in [4.78, 5) is 38.2. The highest BCUT2D eigenvalue weighted by Gasteiger charge is 2.23. The minimum atomic E-state index is -1.05. The van der Waals surface area contributed by atoms with Crippen LogP contribution in [0.4, 0.5) is 10.5 Å². The smallest absolute Gasteiger partial charge is 0.409 e. The lowest BCUT2D eigenvalue weighted by Crippen LogP contribution is -2.16. The summed E-state index contributed by atoms with van der Waals surface area (Å²) >= 11 is 0. The first-order valence-electron chi connectivity index (χ1n) is 6.93. The molecule has 25 heavy (non-hydrogen) atoms. The summed E-state index contributed by atoms with van der Waals surface area (Å²) in [5.41, 5.74) is 3.41. The van der Waals surface area contributed by atoms with Gasteiger partial charge in [-0.05, 0) is 38.1 Å². The van der Waals surface area contributed by atoms with Gasteiger partial charge in [-0.25, -0.2) is 9.59 Å². The number of hydrogen-bond donors (Lipinski definition) is 3. The Bertz CT molecular complexity index is 927. The zero-order valence-corrected chi connectivity index (χ0v) is 13.3. The maximum atomic E-state index is 11.9. The van der Waals surface area contributed by atoms with E-state index in [9.17, 15) is 24.6 Å². The van der Waals surface area contributed by atoms with Crippen LogP contribution in [0.5, 0.6) is 17.4 Å². The number of carbonyl (C=O) groups is 2. The number of rotatable bonds is 4. The Kier molecular flexibility index (Phi) is 4.87. The standard InChI is InChI=1S/C16H14N2O7/c1-7(18-9-3-5-10(6-4-9)24-16(17)23)11-13(20)12(8(2)19)15(22)25-14(11)21/h3-6,20,22H,1-2H3,(H2,17,23). The Morgan fingerprint density at radius 2 is 1.72 bits per heavy atom. The van der Waals surface area contributed by atoms with E-state index in [4.69, 9.17) is 5.73 Å². The first-order chi connectivity index (χ1) is 11.7. The highest BCUT2D eigenvalue weighted by atomic mass is 16.5. The molecule has 9 heteroatoms. The highest BCUT2D eigenvalue weighted by Crippen LogP contribution is 2.29. The Hall–Kier alpha value is -3.62. The van der Waals surface area contributed by atoms with Gasteiger partial charge < -0.3 is 25.1 Å². The molecule has 0 bridgehead atoms. The van der Waals surface area contributed by atoms with Crippen LogP contribution < -0.4 is 16.1 Å². The molecule has 9 nitrogen and oxygen atoms in total. The molecule has 0 saturated heterocycles. The molecule has 1 aromatic heterocycles. The number of primary amides is 1. The van der Waals surface area contributed by atoms with Crippen LogP contribution in [0.15, 0.2) is 38.5 Å². The van der Waals surface area contributed by atoms with Crippen molar-refractivity contribution in [3.05, 3.63) is 45.8 Å². The van der Waals surface area contributed by atoms with Gasteiger partial charge in [0.2, 0.25) is 0 Å². The second kappa shape index (κ2) is 6.87. The van der Waals surface area contributed by atoms with Gasteiger partial charge in [-0.2, -0.15) is 0 Å². The van der Waals surface area contributed by atoms with Gasteiger partial charge in [0.25, 0.3) is 5.95 Å². The van der Waals surface area contributed by atoms with Crippen LogP contribution in [0, 0.1) is 0 Å². The Labute approximate surface area is 141 Å². The number of aliphatic imine (C=N–C) groups is 1. The predicted octanol–water partition coefficient (Wildman–Crippen LogP) is 1.85. The van der Waals surface area contributed by atoms with Gasteiger partial charge >= 0.3 is 11.7 Å². The summed E-state index contributed by atoms with van der Waals surface area (Å²) in [6.07, 6.45) is -0.962. The largest absolute Gasteiger partial charge is 0.506 e. The molecule has 0 aliphatic rings. The molecule has 0 fully saturated rings. The van der Waals surface area contributed by atoms with Crippen molar-refractivity contribution in [1.82, 2.24) is 0 Å². The third-order valence-electron chi connectivity index (χ3n) is 3.15. The molecular formula is C16H14N2O7. The quantitative estimate of drug-likeness (QED) is 0.564. The van der Waals surface area contributed by atoms with E-state index >= 15 is 0 Å². The molecular weight excluding hydrogens is 332 g/mol. The minimum absolute atomic E-state index is 0.0531. The van der Waals surface area contributed by atoms with Gasteiger partial charge in [0, 0.05) is 0 Å². The molecule has 2 rings (SSSR count). The summed E-state index contributed by atoms with van der Waals surface area (Å²) in [6, 6.07) is 5.81. The molecule has 0 aliphatic heterocycles. The SMILES string of the molecule is CC(=O)c1c(O)oc(=O)c(C(C)=Nc2ccc(OC(N)=O)cc2)c1O. The van der Waals surface area contributed by atoms with Crippen LogP contribution in [0.25, 0.3) is 0 Å². The lowest BCUT2D eigenvalue weighted by molar-refractivity contribution is 0.100. The number of ether oxygens (including phenoxy) is 1. The highest BCUT2D eigenvalue weighted by molar-refractivity contribution is 6.07. The Morgan fingerprint density at radius 1 is 1.12 bits per heavy atom. The van der Waals surface area contributed by atoms with Gasteiger partial charge in [0.15, 0.2) is 5.78 Å². The number of aromatic hydroxyl groups is 2. The number of carbonyl (C=O) groups excluding carboxylic acids is 2. The zero-order chi connectivity index (χ0) is 18.7. The number of nitrogens with zero attached hydrogens (tertiary/aromatic N) is 1. The van der Waals surface area contributed by atoms with Crippen LogP contribution >= 0.6 is 0 Å². The van der Waals surface area contributed by atoms with Crippen molar-refractivity contribution in [2.24, 2.45) is 10.7 Å². The number of Topliss-reactive ketones (excluding diaryl/α,β-unsaturated/α-hetero) is 1. The molecule has 130 valence electrons. The average Bonchev–Trinajstić information content (AvgIpc) is 2.47. The van der Waals surface area contributed by atoms with Gasteiger partial charge in [0.05, 0.1) is 11.4 Å². The molecule has 0 unspecified atom stereocenters. The van der Waals surface area contributed by atoms with Crippen molar-refractivity contribution >= 4 is 23.3 Å². The third-order valence-corrected chi connectivity index (χ3v) is 3.15. The second-order valence-electron chi connectivity index (χ2n) is 4.96. The van der Waals surface area contributed by atoms with Gasteiger partial charge in [-0.3, -0.25) is 9.79 Å². The van der Waals surface area contributed by atoms with Crippen molar-refractivity contribution in [3.8, 4) is 17.4 Å². The monoisotopic (exact) mass is 346 g/mol. The van der Waals surface area contributed by atoms with E-state index in [0.717, 1.165) is 6.92 Å². The summed E-state index contributed by atoms with van der Waals surface area (Å²) < 4.78 is 9.24. The first-order valence-corrected chi connectivity index (χ1v) is 6.93. The summed E-state index contributed by atoms with van der Waals surface area (Å²) in [5.74, 6) is -2.15. The molecule has 0 spiro atoms. The van der Waals surface area contributed by atoms with Crippen LogP contribution in [-0.2, 0) is 0 Å². The third kappa shape index (κ3) is 3.83. The molecule has 0 saturated carbocycles. The van der Waals surface area contributed by atoms with Crippen molar-refractivity contribution in [3.63, 3.8) is 0 Å². The number of ketones is 1. The van der Waals surface area contributed by atoms with Crippen molar-refractivity contribution in [1.29, 1.82) is 0 Å². The van der Waals surface area contributed by atoms with E-state index in [1.54, 1.807) is 0 Å². The van der Waals surface area contributed by atoms with Crippen molar-refractivity contribution in [2.45, 2.75) is 13.8 Å². The minimum Gasteiger partial charge on any atom is -0.506 e. The van der Waals surface area contributed by atoms with Crippen LogP contribution in [0.3, 0.4) is 0 Å². The molecule has 1 heterocycles. The topological polar surface area (TPSA) is 152 Å². The number of benzene rings is 1. The molecule has 0 atom stereocenters. The van der Waals surface area contributed by atoms with E-state index in [1.807, 2.05) is 0 Å². The van der Waals surface area contributed by atoms with E-state index in [1.165, 1.54) is 31.2 Å². The molecule has 0 radical (unpaired) electrons. The molecule has 2 aromatic rings. The van der Waals surface area contributed by atoms with E-state index in [-0.39, 0.29) is 17.0 Å². The molecule has 1 amide bonds. The summed E-state index contributed by atoms with van der Waals surface area (Å²) in [5, 5.41) is 19.6. The fourth-order valence-corrected chi connectivity index (χ4v) is 2.10.